The lowest BCUT2D eigenvalue weighted by Crippen LogP contribution is -2.19. The van der Waals surface area contributed by atoms with Gasteiger partial charge in [-0.15, -0.1) is 0 Å². The van der Waals surface area contributed by atoms with Gasteiger partial charge in [-0.2, -0.15) is 0 Å². The van der Waals surface area contributed by atoms with Crippen LogP contribution in [0.3, 0.4) is 0 Å². The van der Waals surface area contributed by atoms with Crippen LogP contribution in [0.1, 0.15) is 20.8 Å². The summed E-state index contributed by atoms with van der Waals surface area (Å²) in [5.74, 6) is 0. The highest BCUT2D eigenvalue weighted by molar-refractivity contribution is 8.58. The van der Waals surface area contributed by atoms with Crippen LogP contribution in [0.5, 0.6) is 0 Å². The first-order valence-corrected chi connectivity index (χ1v) is 10.6. The molecule has 0 amide bonds. The number of rotatable bonds is 8. The molecule has 7 heteroatoms. The van der Waals surface area contributed by atoms with Crippen LogP contribution in [0, 0.1) is 0 Å². The van der Waals surface area contributed by atoms with Gasteiger partial charge in [0.25, 0.3) is 0 Å². The van der Waals surface area contributed by atoms with Crippen molar-refractivity contribution in [2.24, 2.45) is 0 Å². The van der Waals surface area contributed by atoms with Crippen LogP contribution in [0.4, 0.5) is 0 Å². The Balaban J connectivity index is 2.62. The second kappa shape index (κ2) is 8.22. The third kappa shape index (κ3) is 6.23. The summed E-state index contributed by atoms with van der Waals surface area (Å²) in [7, 11) is -1.18. The summed E-state index contributed by atoms with van der Waals surface area (Å²) in [6, 6.07) is 9.21. The average Bonchev–Trinajstić information content (AvgIpc) is 2.36. The maximum absolute atomic E-state index is 12.5. The zero-order chi connectivity index (χ0) is 14.3. The quantitative estimate of drug-likeness (QED) is 0.741. The van der Waals surface area contributed by atoms with Crippen molar-refractivity contribution in [1.82, 2.24) is 5.09 Å². The first-order chi connectivity index (χ1) is 8.97. The van der Waals surface area contributed by atoms with E-state index in [0.29, 0.717) is 6.61 Å². The second-order valence-corrected chi connectivity index (χ2v) is 10.2. The van der Waals surface area contributed by atoms with E-state index in [4.69, 9.17) is 4.52 Å². The van der Waals surface area contributed by atoms with Crippen molar-refractivity contribution in [3.8, 4) is 0 Å². The van der Waals surface area contributed by atoms with Crippen molar-refractivity contribution in [1.29, 1.82) is 0 Å². The van der Waals surface area contributed by atoms with Crippen LogP contribution >= 0.6 is 18.1 Å². The maximum Gasteiger partial charge on any atom is 0.327 e. The minimum Gasteiger partial charge on any atom is -0.310 e. The van der Waals surface area contributed by atoms with Crippen LogP contribution in [0.25, 0.3) is 0 Å². The third-order valence-corrected chi connectivity index (χ3v) is 8.50. The highest BCUT2D eigenvalue weighted by Gasteiger charge is 2.25. The Kier molecular flexibility index (Phi) is 7.32. The van der Waals surface area contributed by atoms with E-state index in [9.17, 15) is 8.77 Å². The molecular weight excluding hydrogens is 301 g/mol. The summed E-state index contributed by atoms with van der Waals surface area (Å²) in [4.78, 5) is 0.739. The van der Waals surface area contributed by atoms with E-state index in [1.165, 1.54) is 0 Å². The number of hydrogen-bond donors (Lipinski definition) is 1. The molecule has 4 nitrogen and oxygen atoms in total. The van der Waals surface area contributed by atoms with Crippen molar-refractivity contribution in [3.63, 3.8) is 0 Å². The van der Waals surface area contributed by atoms with Crippen LogP contribution in [-0.2, 0) is 19.9 Å². The number of nitrogens with one attached hydrogen (secondary N) is 1. The van der Waals surface area contributed by atoms with Crippen LogP contribution in [-0.4, -0.2) is 21.9 Å². The molecular formula is C12H20NO3PS2. The summed E-state index contributed by atoms with van der Waals surface area (Å²) in [5, 5.41) is 3.18. The van der Waals surface area contributed by atoms with Gasteiger partial charge in [0.15, 0.2) is 0 Å². The van der Waals surface area contributed by atoms with Gasteiger partial charge in [0, 0.05) is 10.9 Å². The SMILES string of the molecule is CCOP(=O)(NC(C)C)SCS(=O)c1ccccc1. The summed E-state index contributed by atoms with van der Waals surface area (Å²) in [5.41, 5.74) is 0. The molecule has 1 aromatic rings. The molecule has 0 aliphatic rings. The molecule has 2 unspecified atom stereocenters. The molecule has 0 saturated carbocycles. The van der Waals surface area contributed by atoms with Gasteiger partial charge in [-0.1, -0.05) is 18.2 Å². The molecule has 2 atom stereocenters. The summed E-state index contributed by atoms with van der Waals surface area (Å²) in [6.45, 7) is 2.99. The van der Waals surface area contributed by atoms with E-state index in [1.807, 2.05) is 32.0 Å². The van der Waals surface area contributed by atoms with Crippen molar-refractivity contribution in [3.05, 3.63) is 30.3 Å². The van der Waals surface area contributed by atoms with E-state index in [1.54, 1.807) is 19.1 Å². The molecule has 0 radical (unpaired) electrons. The predicted octanol–water partition coefficient (Wildman–Crippen LogP) is 3.63. The molecule has 0 aliphatic heterocycles. The Morgan fingerprint density at radius 1 is 1.37 bits per heavy atom. The first-order valence-electron chi connectivity index (χ1n) is 6.07. The van der Waals surface area contributed by atoms with E-state index < -0.39 is 17.5 Å². The van der Waals surface area contributed by atoms with Gasteiger partial charge in [0.05, 0.1) is 22.5 Å². The molecule has 19 heavy (non-hydrogen) atoms. The largest absolute Gasteiger partial charge is 0.327 e. The van der Waals surface area contributed by atoms with E-state index in [-0.39, 0.29) is 11.1 Å². The lowest BCUT2D eigenvalue weighted by molar-refractivity contribution is 0.335. The van der Waals surface area contributed by atoms with Gasteiger partial charge in [-0.25, -0.2) is 5.09 Å². The van der Waals surface area contributed by atoms with Crippen LogP contribution in [0.15, 0.2) is 35.2 Å². The van der Waals surface area contributed by atoms with E-state index >= 15 is 0 Å². The van der Waals surface area contributed by atoms with Crippen LogP contribution in [0.2, 0.25) is 0 Å². The molecule has 108 valence electrons. The molecule has 0 spiro atoms. The molecule has 1 aromatic carbocycles. The normalized spacial score (nSPS) is 16.2. The average molecular weight is 321 g/mol. The second-order valence-electron chi connectivity index (χ2n) is 4.10. The molecule has 0 aliphatic carbocycles. The highest BCUT2D eigenvalue weighted by atomic mass is 32.7. The topological polar surface area (TPSA) is 55.4 Å². The van der Waals surface area contributed by atoms with E-state index in [0.717, 1.165) is 16.3 Å². The molecule has 1 N–H and O–H groups in total. The molecule has 0 heterocycles. The predicted molar refractivity (Wildman–Crippen MR) is 82.8 cm³/mol. The van der Waals surface area contributed by atoms with Crippen molar-refractivity contribution in [2.45, 2.75) is 31.7 Å². The van der Waals surface area contributed by atoms with Gasteiger partial charge < -0.3 is 4.52 Å². The molecule has 0 aromatic heterocycles. The molecule has 0 saturated heterocycles. The molecule has 0 fully saturated rings. The lowest BCUT2D eigenvalue weighted by atomic mass is 10.4. The first kappa shape index (κ1) is 16.9. The zero-order valence-electron chi connectivity index (χ0n) is 11.4. The summed E-state index contributed by atoms with van der Waals surface area (Å²) in [6.07, 6.45) is 0. The van der Waals surface area contributed by atoms with Gasteiger partial charge in [-0.3, -0.25) is 8.77 Å². The fraction of sp³-hybridized carbons (Fsp3) is 0.500. The summed E-state index contributed by atoms with van der Waals surface area (Å²) < 4.78 is 29.8. The zero-order valence-corrected chi connectivity index (χ0v) is 13.9. The van der Waals surface area contributed by atoms with Gasteiger partial charge in [-0.05, 0) is 44.3 Å². The Labute approximate surface area is 121 Å². The number of benzene rings is 1. The lowest BCUT2D eigenvalue weighted by Gasteiger charge is -2.20. The maximum atomic E-state index is 12.5. The fourth-order valence-corrected chi connectivity index (χ4v) is 8.00. The highest BCUT2D eigenvalue weighted by Crippen LogP contribution is 2.56. The minimum absolute atomic E-state index is 0.0510. The third-order valence-electron chi connectivity index (χ3n) is 2.05. The number of hydrogen-bond acceptors (Lipinski definition) is 4. The van der Waals surface area contributed by atoms with Crippen molar-refractivity contribution >= 4 is 28.9 Å². The van der Waals surface area contributed by atoms with Crippen molar-refractivity contribution < 1.29 is 13.3 Å². The smallest absolute Gasteiger partial charge is 0.310 e. The Morgan fingerprint density at radius 3 is 2.53 bits per heavy atom. The van der Waals surface area contributed by atoms with E-state index in [2.05, 4.69) is 5.09 Å². The molecule has 0 bridgehead atoms. The Morgan fingerprint density at radius 2 is 2.00 bits per heavy atom. The van der Waals surface area contributed by atoms with Gasteiger partial charge in [0.2, 0.25) is 0 Å². The van der Waals surface area contributed by atoms with Crippen molar-refractivity contribution in [2.75, 3.05) is 11.7 Å². The Hall–Kier alpha value is -0.130. The van der Waals surface area contributed by atoms with Crippen LogP contribution < -0.4 is 5.09 Å². The monoisotopic (exact) mass is 321 g/mol. The fourth-order valence-electron chi connectivity index (χ4n) is 1.36. The standard InChI is InChI=1S/C12H20NO3PS2/c1-4-16-17(14,13-11(2)3)18-10-19(15)12-8-6-5-7-9-12/h5-9,11H,4,10H2,1-3H3,(H,13,14). The minimum atomic E-state index is -2.98. The van der Waals surface area contributed by atoms with Gasteiger partial charge >= 0.3 is 6.72 Å². The van der Waals surface area contributed by atoms with Gasteiger partial charge in [0.1, 0.15) is 0 Å². The Bertz CT molecular complexity index is 454. The summed E-state index contributed by atoms with van der Waals surface area (Å²) >= 11 is 1.10. The molecule has 1 rings (SSSR count).